The molecule has 0 saturated heterocycles. The Labute approximate surface area is 121 Å². The van der Waals surface area contributed by atoms with Crippen LogP contribution in [-0.2, 0) is 0 Å². The fourth-order valence-corrected chi connectivity index (χ4v) is 3.43. The summed E-state index contributed by atoms with van der Waals surface area (Å²) >= 11 is 0. The molecule has 1 aliphatic rings. The van der Waals surface area contributed by atoms with Gasteiger partial charge in [0.25, 0.3) is 0 Å². The van der Waals surface area contributed by atoms with E-state index in [1.807, 2.05) is 0 Å². The van der Waals surface area contributed by atoms with E-state index >= 15 is 0 Å². The van der Waals surface area contributed by atoms with Crippen molar-refractivity contribution in [3.8, 4) is 0 Å². The quantitative estimate of drug-likeness (QED) is 0.635. The summed E-state index contributed by atoms with van der Waals surface area (Å²) in [5, 5.41) is 0. The van der Waals surface area contributed by atoms with E-state index in [1.54, 1.807) is 0 Å². The Kier molecular flexibility index (Phi) is 8.01. The van der Waals surface area contributed by atoms with Gasteiger partial charge in [-0.25, -0.2) is 0 Å². The standard InChI is InChI=1S/C17H36N2/c1-4-5-9-13-19(16(2)3)14-12-17(15-18)10-7-6-8-11-17/h16H,4-15,18H2,1-3H3. The SMILES string of the molecule is CCCCCN(CCC1(CN)CCCCC1)C(C)C. The van der Waals surface area contributed by atoms with Gasteiger partial charge in [-0.3, -0.25) is 0 Å². The summed E-state index contributed by atoms with van der Waals surface area (Å²) in [6, 6.07) is 0.676. The topological polar surface area (TPSA) is 29.3 Å². The molecule has 19 heavy (non-hydrogen) atoms. The van der Waals surface area contributed by atoms with Crippen molar-refractivity contribution in [2.45, 2.75) is 84.6 Å². The van der Waals surface area contributed by atoms with Crippen LogP contribution in [0.15, 0.2) is 0 Å². The number of rotatable bonds is 9. The maximum atomic E-state index is 6.10. The minimum Gasteiger partial charge on any atom is -0.330 e. The molecule has 0 spiro atoms. The van der Waals surface area contributed by atoms with Crippen LogP contribution in [0.1, 0.15) is 78.6 Å². The minimum absolute atomic E-state index is 0.468. The molecule has 0 aromatic carbocycles. The van der Waals surface area contributed by atoms with Crippen LogP contribution in [-0.4, -0.2) is 30.6 Å². The van der Waals surface area contributed by atoms with Crippen molar-refractivity contribution in [1.82, 2.24) is 4.90 Å². The van der Waals surface area contributed by atoms with Crippen LogP contribution in [0.4, 0.5) is 0 Å². The van der Waals surface area contributed by atoms with Crippen molar-refractivity contribution in [2.75, 3.05) is 19.6 Å². The van der Waals surface area contributed by atoms with E-state index in [2.05, 4.69) is 25.7 Å². The molecule has 1 saturated carbocycles. The predicted molar refractivity (Wildman–Crippen MR) is 85.4 cm³/mol. The maximum Gasteiger partial charge on any atom is 0.00385 e. The molecule has 2 heteroatoms. The zero-order valence-corrected chi connectivity index (χ0v) is 13.6. The molecule has 0 aliphatic heterocycles. The Morgan fingerprint density at radius 2 is 1.74 bits per heavy atom. The molecule has 0 aromatic heterocycles. The fourth-order valence-electron chi connectivity index (χ4n) is 3.43. The molecule has 2 N–H and O–H groups in total. The second kappa shape index (κ2) is 8.97. The van der Waals surface area contributed by atoms with E-state index in [1.165, 1.54) is 70.9 Å². The third-order valence-electron chi connectivity index (χ3n) is 5.06. The van der Waals surface area contributed by atoms with Crippen LogP contribution in [0.25, 0.3) is 0 Å². The van der Waals surface area contributed by atoms with Gasteiger partial charge in [-0.05, 0) is 64.6 Å². The zero-order chi connectivity index (χ0) is 14.1. The van der Waals surface area contributed by atoms with Gasteiger partial charge in [0.2, 0.25) is 0 Å². The van der Waals surface area contributed by atoms with Gasteiger partial charge >= 0.3 is 0 Å². The number of hydrogen-bond acceptors (Lipinski definition) is 2. The Morgan fingerprint density at radius 3 is 2.26 bits per heavy atom. The zero-order valence-electron chi connectivity index (χ0n) is 13.6. The van der Waals surface area contributed by atoms with E-state index in [0.29, 0.717) is 11.5 Å². The molecule has 0 unspecified atom stereocenters. The van der Waals surface area contributed by atoms with Crippen molar-refractivity contribution >= 4 is 0 Å². The summed E-state index contributed by atoms with van der Waals surface area (Å²) in [6.45, 7) is 10.4. The second-order valence-corrected chi connectivity index (χ2v) is 6.85. The number of hydrogen-bond donors (Lipinski definition) is 1. The first-order valence-corrected chi connectivity index (χ1v) is 8.57. The van der Waals surface area contributed by atoms with Crippen LogP contribution < -0.4 is 5.73 Å². The number of unbranched alkanes of at least 4 members (excludes halogenated alkanes) is 2. The first-order valence-electron chi connectivity index (χ1n) is 8.57. The number of nitrogens with two attached hydrogens (primary N) is 1. The predicted octanol–water partition coefficient (Wildman–Crippen LogP) is 4.19. The van der Waals surface area contributed by atoms with E-state index in [4.69, 9.17) is 5.73 Å². The first kappa shape index (κ1) is 17.0. The molecular weight excluding hydrogens is 232 g/mol. The van der Waals surface area contributed by atoms with Gasteiger partial charge in [-0.1, -0.05) is 39.0 Å². The van der Waals surface area contributed by atoms with Crippen LogP contribution in [0.3, 0.4) is 0 Å². The second-order valence-electron chi connectivity index (χ2n) is 6.85. The number of nitrogens with zero attached hydrogens (tertiary/aromatic N) is 1. The maximum absolute atomic E-state index is 6.10. The summed E-state index contributed by atoms with van der Waals surface area (Å²) in [5.74, 6) is 0. The normalized spacial score (nSPS) is 19.3. The average Bonchev–Trinajstić information content (AvgIpc) is 2.43. The van der Waals surface area contributed by atoms with Crippen molar-refractivity contribution in [3.05, 3.63) is 0 Å². The van der Waals surface area contributed by atoms with Gasteiger partial charge in [0, 0.05) is 6.04 Å². The summed E-state index contributed by atoms with van der Waals surface area (Å²) in [6.07, 6.45) is 12.3. The first-order chi connectivity index (χ1) is 9.13. The van der Waals surface area contributed by atoms with Gasteiger partial charge in [0.05, 0.1) is 0 Å². The Bertz CT molecular complexity index is 219. The third-order valence-corrected chi connectivity index (χ3v) is 5.06. The van der Waals surface area contributed by atoms with Gasteiger partial charge < -0.3 is 10.6 Å². The van der Waals surface area contributed by atoms with Crippen molar-refractivity contribution in [1.29, 1.82) is 0 Å². The molecular formula is C17H36N2. The smallest absolute Gasteiger partial charge is 0.00385 e. The Morgan fingerprint density at radius 1 is 1.05 bits per heavy atom. The molecule has 1 aliphatic carbocycles. The average molecular weight is 268 g/mol. The highest BCUT2D eigenvalue weighted by Crippen LogP contribution is 2.38. The highest BCUT2D eigenvalue weighted by molar-refractivity contribution is 4.85. The van der Waals surface area contributed by atoms with Gasteiger partial charge in [-0.15, -0.1) is 0 Å². The monoisotopic (exact) mass is 268 g/mol. The van der Waals surface area contributed by atoms with Crippen LogP contribution in [0, 0.1) is 5.41 Å². The van der Waals surface area contributed by atoms with Crippen LogP contribution in [0.2, 0.25) is 0 Å². The van der Waals surface area contributed by atoms with Crippen LogP contribution >= 0.6 is 0 Å². The largest absolute Gasteiger partial charge is 0.330 e. The molecule has 114 valence electrons. The van der Waals surface area contributed by atoms with Gasteiger partial charge in [0.1, 0.15) is 0 Å². The van der Waals surface area contributed by atoms with Gasteiger partial charge in [0.15, 0.2) is 0 Å². The molecule has 0 bridgehead atoms. The summed E-state index contributed by atoms with van der Waals surface area (Å²) < 4.78 is 0. The van der Waals surface area contributed by atoms with Crippen molar-refractivity contribution < 1.29 is 0 Å². The molecule has 1 fully saturated rings. The molecule has 0 amide bonds. The third kappa shape index (κ3) is 5.83. The van der Waals surface area contributed by atoms with E-state index < -0.39 is 0 Å². The molecule has 0 aromatic rings. The lowest BCUT2D eigenvalue weighted by Gasteiger charge is -2.39. The Hall–Kier alpha value is -0.0800. The van der Waals surface area contributed by atoms with E-state index in [9.17, 15) is 0 Å². The van der Waals surface area contributed by atoms with Crippen molar-refractivity contribution in [3.63, 3.8) is 0 Å². The molecule has 1 rings (SSSR count). The molecule has 0 radical (unpaired) electrons. The minimum atomic E-state index is 0.468. The highest BCUT2D eigenvalue weighted by Gasteiger charge is 2.30. The van der Waals surface area contributed by atoms with E-state index in [0.717, 1.165) is 6.54 Å². The van der Waals surface area contributed by atoms with Crippen molar-refractivity contribution in [2.24, 2.45) is 11.1 Å². The van der Waals surface area contributed by atoms with Gasteiger partial charge in [-0.2, -0.15) is 0 Å². The lowest BCUT2D eigenvalue weighted by Crippen LogP contribution is -2.39. The lowest BCUT2D eigenvalue weighted by atomic mass is 9.72. The molecule has 0 heterocycles. The molecule has 0 atom stereocenters. The summed E-state index contributed by atoms with van der Waals surface area (Å²) in [5.41, 5.74) is 6.57. The van der Waals surface area contributed by atoms with E-state index in [-0.39, 0.29) is 0 Å². The summed E-state index contributed by atoms with van der Waals surface area (Å²) in [4.78, 5) is 2.67. The highest BCUT2D eigenvalue weighted by atomic mass is 15.1. The fraction of sp³-hybridized carbons (Fsp3) is 1.00. The van der Waals surface area contributed by atoms with Crippen LogP contribution in [0.5, 0.6) is 0 Å². The molecule has 2 nitrogen and oxygen atoms in total. The summed E-state index contributed by atoms with van der Waals surface area (Å²) in [7, 11) is 0. The Balaban J connectivity index is 2.40. The lowest BCUT2D eigenvalue weighted by molar-refractivity contribution is 0.130.